The predicted molar refractivity (Wildman–Crippen MR) is 87.4 cm³/mol. The molecular weight excluding hydrogens is 333 g/mol. The Kier molecular flexibility index (Phi) is 5.37. The maximum Gasteiger partial charge on any atom is 0.165 e. The van der Waals surface area contributed by atoms with E-state index in [1.165, 1.54) is 18.7 Å². The Morgan fingerprint density at radius 3 is 2.62 bits per heavy atom. The third-order valence-corrected chi connectivity index (χ3v) is 4.10. The molecule has 0 fully saturated rings. The topological polar surface area (TPSA) is 21.3 Å². The fourth-order valence-electron chi connectivity index (χ4n) is 2.36. The van der Waals surface area contributed by atoms with E-state index in [4.69, 9.17) is 4.74 Å². The first-order valence-electron chi connectivity index (χ1n) is 6.89. The minimum Gasteiger partial charge on any atom is -0.494 e. The zero-order valence-corrected chi connectivity index (χ0v) is 14.0. The van der Waals surface area contributed by atoms with Crippen LogP contribution < -0.4 is 10.1 Å². The summed E-state index contributed by atoms with van der Waals surface area (Å²) in [5.41, 5.74) is 3.15. The minimum atomic E-state index is -0.346. The van der Waals surface area contributed by atoms with Gasteiger partial charge in [0, 0.05) is 4.47 Å². The van der Waals surface area contributed by atoms with Crippen LogP contribution in [0.1, 0.15) is 29.7 Å². The van der Waals surface area contributed by atoms with Gasteiger partial charge in [0.15, 0.2) is 11.6 Å². The van der Waals surface area contributed by atoms with Crippen molar-refractivity contribution in [3.8, 4) is 5.75 Å². The summed E-state index contributed by atoms with van der Waals surface area (Å²) in [6.45, 7) is 4.88. The number of ether oxygens (including phenoxy) is 1. The lowest BCUT2D eigenvalue weighted by atomic mass is 9.97. The smallest absolute Gasteiger partial charge is 0.165 e. The number of hydrogen-bond donors (Lipinski definition) is 1. The molecule has 1 unspecified atom stereocenters. The maximum atomic E-state index is 14.0. The lowest BCUT2D eigenvalue weighted by Gasteiger charge is -2.21. The van der Waals surface area contributed by atoms with Crippen molar-refractivity contribution in [2.24, 2.45) is 0 Å². The van der Waals surface area contributed by atoms with Crippen molar-refractivity contribution in [1.29, 1.82) is 0 Å². The maximum absolute atomic E-state index is 14.0. The molecular formula is C17H19BrFNO. The van der Waals surface area contributed by atoms with Crippen LogP contribution in [-0.2, 0) is 0 Å². The van der Waals surface area contributed by atoms with E-state index in [9.17, 15) is 4.39 Å². The summed E-state index contributed by atoms with van der Waals surface area (Å²) < 4.78 is 20.0. The molecule has 4 heteroatoms. The van der Waals surface area contributed by atoms with Gasteiger partial charge in [0.1, 0.15) is 0 Å². The van der Waals surface area contributed by atoms with Crippen LogP contribution in [0.2, 0.25) is 0 Å². The van der Waals surface area contributed by atoms with Crippen molar-refractivity contribution in [3.63, 3.8) is 0 Å². The van der Waals surface area contributed by atoms with E-state index < -0.39 is 0 Å². The van der Waals surface area contributed by atoms with Crippen molar-refractivity contribution < 1.29 is 9.13 Å². The molecule has 21 heavy (non-hydrogen) atoms. The van der Waals surface area contributed by atoms with Crippen LogP contribution in [0.3, 0.4) is 0 Å². The van der Waals surface area contributed by atoms with Crippen LogP contribution >= 0.6 is 15.9 Å². The third-order valence-electron chi connectivity index (χ3n) is 3.38. The average Bonchev–Trinajstić information content (AvgIpc) is 2.47. The molecule has 0 aliphatic rings. The molecule has 0 aliphatic carbocycles. The Balaban J connectivity index is 2.48. The number of benzene rings is 2. The SMILES string of the molecule is CCNC(c1ccc(OC)c(F)c1)c1cc(C)ccc1Br. The Hall–Kier alpha value is -1.39. The second kappa shape index (κ2) is 7.05. The fraction of sp³-hybridized carbons (Fsp3) is 0.294. The third kappa shape index (κ3) is 3.63. The summed E-state index contributed by atoms with van der Waals surface area (Å²) in [6.07, 6.45) is 0. The molecule has 0 amide bonds. The van der Waals surface area contributed by atoms with E-state index in [2.05, 4.69) is 27.3 Å². The van der Waals surface area contributed by atoms with E-state index >= 15 is 0 Å². The number of halogens is 2. The first kappa shape index (κ1) is 16.0. The van der Waals surface area contributed by atoms with Crippen LogP contribution in [0, 0.1) is 12.7 Å². The zero-order chi connectivity index (χ0) is 15.4. The molecule has 2 aromatic carbocycles. The Bertz CT molecular complexity index is 630. The van der Waals surface area contributed by atoms with Gasteiger partial charge in [-0.2, -0.15) is 0 Å². The molecule has 2 nitrogen and oxygen atoms in total. The summed E-state index contributed by atoms with van der Waals surface area (Å²) in [6, 6.07) is 11.2. The number of hydrogen-bond acceptors (Lipinski definition) is 2. The molecule has 0 saturated carbocycles. The number of rotatable bonds is 5. The van der Waals surface area contributed by atoms with E-state index in [1.54, 1.807) is 6.07 Å². The van der Waals surface area contributed by atoms with Crippen LogP contribution in [-0.4, -0.2) is 13.7 Å². The van der Waals surface area contributed by atoms with Gasteiger partial charge in [-0.1, -0.05) is 46.6 Å². The van der Waals surface area contributed by atoms with Gasteiger partial charge in [-0.3, -0.25) is 0 Å². The van der Waals surface area contributed by atoms with Crippen molar-refractivity contribution in [2.75, 3.05) is 13.7 Å². The lowest BCUT2D eigenvalue weighted by Crippen LogP contribution is -2.22. The van der Waals surface area contributed by atoms with Gasteiger partial charge in [0.05, 0.1) is 13.2 Å². The van der Waals surface area contributed by atoms with E-state index in [1.807, 2.05) is 32.0 Å². The molecule has 2 aromatic rings. The van der Waals surface area contributed by atoms with Crippen LogP contribution in [0.4, 0.5) is 4.39 Å². The molecule has 0 aliphatic heterocycles. The average molecular weight is 352 g/mol. The second-order valence-electron chi connectivity index (χ2n) is 4.91. The number of aryl methyl sites for hydroxylation is 1. The molecule has 1 N–H and O–H groups in total. The second-order valence-corrected chi connectivity index (χ2v) is 5.76. The van der Waals surface area contributed by atoms with Gasteiger partial charge in [-0.05, 0) is 42.8 Å². The van der Waals surface area contributed by atoms with Gasteiger partial charge >= 0.3 is 0 Å². The van der Waals surface area contributed by atoms with Crippen LogP contribution in [0.25, 0.3) is 0 Å². The zero-order valence-electron chi connectivity index (χ0n) is 12.4. The summed E-state index contributed by atoms with van der Waals surface area (Å²) >= 11 is 3.59. The van der Waals surface area contributed by atoms with Crippen molar-refractivity contribution in [2.45, 2.75) is 19.9 Å². The Morgan fingerprint density at radius 1 is 1.24 bits per heavy atom. The van der Waals surface area contributed by atoms with Gasteiger partial charge in [0.2, 0.25) is 0 Å². The molecule has 0 bridgehead atoms. The number of nitrogens with one attached hydrogen (secondary N) is 1. The van der Waals surface area contributed by atoms with Crippen LogP contribution in [0.15, 0.2) is 40.9 Å². The molecule has 0 aromatic heterocycles. The molecule has 0 saturated heterocycles. The fourth-order valence-corrected chi connectivity index (χ4v) is 2.83. The molecule has 0 spiro atoms. The van der Waals surface area contributed by atoms with Gasteiger partial charge in [0.25, 0.3) is 0 Å². The first-order chi connectivity index (χ1) is 10.1. The highest BCUT2D eigenvalue weighted by Crippen LogP contribution is 2.31. The Labute approximate surface area is 133 Å². The number of methoxy groups -OCH3 is 1. The summed E-state index contributed by atoms with van der Waals surface area (Å²) in [5, 5.41) is 3.41. The standard InChI is InChI=1S/C17H19BrFNO/c1-4-20-17(13-9-11(2)5-7-14(13)18)12-6-8-16(21-3)15(19)10-12/h5-10,17,20H,4H2,1-3H3. The van der Waals surface area contributed by atoms with Gasteiger partial charge in [-0.25, -0.2) is 4.39 Å². The predicted octanol–water partition coefficient (Wildman–Crippen LogP) is 4.60. The van der Waals surface area contributed by atoms with Gasteiger partial charge in [-0.15, -0.1) is 0 Å². The molecule has 2 rings (SSSR count). The monoisotopic (exact) mass is 351 g/mol. The largest absolute Gasteiger partial charge is 0.494 e. The van der Waals surface area contributed by atoms with E-state index in [-0.39, 0.29) is 17.6 Å². The van der Waals surface area contributed by atoms with Crippen molar-refractivity contribution in [3.05, 3.63) is 63.4 Å². The minimum absolute atomic E-state index is 0.0651. The normalized spacial score (nSPS) is 12.2. The van der Waals surface area contributed by atoms with E-state index in [0.29, 0.717) is 0 Å². The summed E-state index contributed by atoms with van der Waals surface area (Å²) in [5.74, 6) is -0.0843. The Morgan fingerprint density at radius 2 is 2.00 bits per heavy atom. The highest BCUT2D eigenvalue weighted by molar-refractivity contribution is 9.10. The lowest BCUT2D eigenvalue weighted by molar-refractivity contribution is 0.385. The van der Waals surface area contributed by atoms with Crippen molar-refractivity contribution in [1.82, 2.24) is 5.32 Å². The summed E-state index contributed by atoms with van der Waals surface area (Å²) in [7, 11) is 1.47. The summed E-state index contributed by atoms with van der Waals surface area (Å²) in [4.78, 5) is 0. The molecule has 0 heterocycles. The molecule has 1 atom stereocenters. The van der Waals surface area contributed by atoms with Gasteiger partial charge < -0.3 is 10.1 Å². The highest BCUT2D eigenvalue weighted by atomic mass is 79.9. The van der Waals surface area contributed by atoms with Crippen LogP contribution in [0.5, 0.6) is 5.75 Å². The van der Waals surface area contributed by atoms with Crippen molar-refractivity contribution >= 4 is 15.9 Å². The highest BCUT2D eigenvalue weighted by Gasteiger charge is 2.17. The molecule has 0 radical (unpaired) electrons. The quantitative estimate of drug-likeness (QED) is 0.849. The first-order valence-corrected chi connectivity index (χ1v) is 7.69. The van der Waals surface area contributed by atoms with E-state index in [0.717, 1.165) is 22.1 Å². The molecule has 112 valence electrons.